The molecule has 1 saturated heterocycles. The Morgan fingerprint density at radius 3 is 2.75 bits per heavy atom. The SMILES string of the molecule is Cc1nn2c(NC3CCN(C)CC3F)cccc2c1SC(F)(F)F. The second kappa shape index (κ2) is 6.44. The van der Waals surface area contributed by atoms with Gasteiger partial charge in [0.2, 0.25) is 0 Å². The number of rotatable bonds is 3. The van der Waals surface area contributed by atoms with E-state index in [9.17, 15) is 17.6 Å². The molecule has 1 fully saturated rings. The van der Waals surface area contributed by atoms with Crippen LogP contribution in [0.15, 0.2) is 23.1 Å². The van der Waals surface area contributed by atoms with E-state index in [1.807, 2.05) is 11.9 Å². The first-order valence-corrected chi connectivity index (χ1v) is 8.39. The largest absolute Gasteiger partial charge is 0.446 e. The number of aromatic nitrogens is 2. The van der Waals surface area contributed by atoms with Gasteiger partial charge in [-0.15, -0.1) is 0 Å². The van der Waals surface area contributed by atoms with E-state index in [1.54, 1.807) is 25.1 Å². The summed E-state index contributed by atoms with van der Waals surface area (Å²) in [7, 11) is 1.86. The molecule has 3 heterocycles. The van der Waals surface area contributed by atoms with Crippen molar-refractivity contribution >= 4 is 23.1 Å². The zero-order valence-electron chi connectivity index (χ0n) is 13.3. The molecular weight excluding hydrogens is 344 g/mol. The molecule has 0 saturated carbocycles. The van der Waals surface area contributed by atoms with Gasteiger partial charge in [0.25, 0.3) is 0 Å². The number of anilines is 1. The first kappa shape index (κ1) is 17.3. The molecule has 9 heteroatoms. The van der Waals surface area contributed by atoms with Gasteiger partial charge in [-0.2, -0.15) is 18.3 Å². The Hall–Kier alpha value is -1.48. The van der Waals surface area contributed by atoms with Crippen LogP contribution < -0.4 is 5.32 Å². The Balaban J connectivity index is 1.91. The zero-order valence-corrected chi connectivity index (χ0v) is 14.1. The summed E-state index contributed by atoms with van der Waals surface area (Å²) in [6, 6.07) is 4.56. The van der Waals surface area contributed by atoms with E-state index < -0.39 is 11.7 Å². The Bertz CT molecular complexity index is 730. The van der Waals surface area contributed by atoms with Crippen LogP contribution in [0.4, 0.5) is 23.4 Å². The summed E-state index contributed by atoms with van der Waals surface area (Å²) in [5, 5.41) is 7.31. The monoisotopic (exact) mass is 362 g/mol. The third-order valence-electron chi connectivity index (χ3n) is 4.07. The topological polar surface area (TPSA) is 32.6 Å². The van der Waals surface area contributed by atoms with Crippen LogP contribution in [0.5, 0.6) is 0 Å². The summed E-state index contributed by atoms with van der Waals surface area (Å²) in [6.45, 7) is 2.64. The highest BCUT2D eigenvalue weighted by Crippen LogP contribution is 2.41. The molecule has 2 unspecified atom stereocenters. The van der Waals surface area contributed by atoms with Crippen molar-refractivity contribution in [2.24, 2.45) is 0 Å². The van der Waals surface area contributed by atoms with Crippen molar-refractivity contribution in [3.05, 3.63) is 23.9 Å². The number of nitrogens with one attached hydrogen (secondary N) is 1. The molecule has 0 spiro atoms. The number of nitrogens with zero attached hydrogens (tertiary/aromatic N) is 3. The first-order valence-electron chi connectivity index (χ1n) is 7.58. The Morgan fingerprint density at radius 2 is 2.08 bits per heavy atom. The summed E-state index contributed by atoms with van der Waals surface area (Å²) in [6.07, 6.45) is -0.418. The number of pyridine rings is 1. The highest BCUT2D eigenvalue weighted by molar-refractivity contribution is 8.00. The predicted octanol–water partition coefficient (Wildman–Crippen LogP) is 3.71. The minimum atomic E-state index is -4.38. The fourth-order valence-corrected chi connectivity index (χ4v) is 3.60. The Kier molecular flexibility index (Phi) is 4.65. The van der Waals surface area contributed by atoms with Crippen molar-refractivity contribution in [2.75, 3.05) is 25.5 Å². The van der Waals surface area contributed by atoms with Gasteiger partial charge in [-0.05, 0) is 44.3 Å². The van der Waals surface area contributed by atoms with Gasteiger partial charge in [-0.3, -0.25) is 0 Å². The summed E-state index contributed by atoms with van der Waals surface area (Å²) in [5.41, 5.74) is -3.72. The maximum atomic E-state index is 14.2. The Labute approximate surface area is 141 Å². The number of aryl methyl sites for hydroxylation is 1. The number of halogens is 4. The zero-order chi connectivity index (χ0) is 17.5. The van der Waals surface area contributed by atoms with Crippen LogP contribution in [0, 0.1) is 6.92 Å². The van der Waals surface area contributed by atoms with E-state index in [0.717, 1.165) is 6.54 Å². The highest BCUT2D eigenvalue weighted by Gasteiger charge is 2.33. The fourth-order valence-electron chi connectivity index (χ4n) is 2.92. The molecule has 3 rings (SSSR count). The third-order valence-corrected chi connectivity index (χ3v) is 5.01. The van der Waals surface area contributed by atoms with E-state index in [2.05, 4.69) is 10.4 Å². The van der Waals surface area contributed by atoms with Gasteiger partial charge in [-0.1, -0.05) is 6.07 Å². The van der Waals surface area contributed by atoms with E-state index in [4.69, 9.17) is 0 Å². The average molecular weight is 362 g/mol. The van der Waals surface area contributed by atoms with Gasteiger partial charge in [0, 0.05) is 13.1 Å². The number of thioether (sulfide) groups is 1. The number of hydrogen-bond donors (Lipinski definition) is 1. The molecular formula is C15H18F4N4S. The van der Waals surface area contributed by atoms with Crippen molar-refractivity contribution < 1.29 is 17.6 Å². The van der Waals surface area contributed by atoms with E-state index in [0.29, 0.717) is 30.0 Å². The lowest BCUT2D eigenvalue weighted by atomic mass is 10.0. The molecule has 0 bridgehead atoms. The van der Waals surface area contributed by atoms with Crippen LogP contribution in [0.2, 0.25) is 0 Å². The van der Waals surface area contributed by atoms with Gasteiger partial charge >= 0.3 is 5.51 Å². The molecule has 132 valence electrons. The maximum absolute atomic E-state index is 14.2. The third kappa shape index (κ3) is 3.61. The van der Waals surface area contributed by atoms with E-state index >= 15 is 0 Å². The van der Waals surface area contributed by atoms with Crippen molar-refractivity contribution in [2.45, 2.75) is 36.0 Å². The molecule has 4 nitrogen and oxygen atoms in total. The highest BCUT2D eigenvalue weighted by atomic mass is 32.2. The lowest BCUT2D eigenvalue weighted by Gasteiger charge is -2.33. The van der Waals surface area contributed by atoms with Crippen LogP contribution in [-0.2, 0) is 0 Å². The van der Waals surface area contributed by atoms with Crippen molar-refractivity contribution in [1.29, 1.82) is 0 Å². The molecule has 1 aliphatic rings. The molecule has 0 radical (unpaired) electrons. The van der Waals surface area contributed by atoms with Gasteiger partial charge in [0.15, 0.2) is 0 Å². The van der Waals surface area contributed by atoms with Gasteiger partial charge < -0.3 is 10.2 Å². The molecule has 0 aliphatic carbocycles. The van der Waals surface area contributed by atoms with Gasteiger partial charge in [0.1, 0.15) is 12.0 Å². The summed E-state index contributed by atoms with van der Waals surface area (Å²) >= 11 is -0.173. The smallest absolute Gasteiger partial charge is 0.364 e. The van der Waals surface area contributed by atoms with Crippen LogP contribution >= 0.6 is 11.8 Å². The number of alkyl halides is 4. The second-order valence-electron chi connectivity index (χ2n) is 5.99. The van der Waals surface area contributed by atoms with Crippen LogP contribution in [-0.4, -0.2) is 52.4 Å². The number of fused-ring (bicyclic) bond motifs is 1. The molecule has 1 N–H and O–H groups in total. The molecule has 24 heavy (non-hydrogen) atoms. The van der Waals surface area contributed by atoms with Crippen molar-refractivity contribution in [3.8, 4) is 0 Å². The number of hydrogen-bond acceptors (Lipinski definition) is 4. The van der Waals surface area contributed by atoms with Crippen LogP contribution in [0.3, 0.4) is 0 Å². The first-order chi connectivity index (χ1) is 11.2. The maximum Gasteiger partial charge on any atom is 0.446 e. The summed E-state index contributed by atoms with van der Waals surface area (Å²) in [5.74, 6) is 0.502. The van der Waals surface area contributed by atoms with E-state index in [1.165, 1.54) is 4.52 Å². The molecule has 1 aliphatic heterocycles. The number of piperidine rings is 1. The molecule has 2 aromatic rings. The second-order valence-corrected chi connectivity index (χ2v) is 7.06. The van der Waals surface area contributed by atoms with E-state index in [-0.39, 0.29) is 22.7 Å². The Morgan fingerprint density at radius 1 is 1.33 bits per heavy atom. The van der Waals surface area contributed by atoms with Crippen molar-refractivity contribution in [1.82, 2.24) is 14.5 Å². The minimum Gasteiger partial charge on any atom is -0.364 e. The molecule has 2 aromatic heterocycles. The van der Waals surface area contributed by atoms with Gasteiger partial charge in [-0.25, -0.2) is 8.91 Å². The fraction of sp³-hybridized carbons (Fsp3) is 0.533. The predicted molar refractivity (Wildman–Crippen MR) is 86.3 cm³/mol. The summed E-state index contributed by atoms with van der Waals surface area (Å²) < 4.78 is 53.9. The normalized spacial score (nSPS) is 22.9. The average Bonchev–Trinajstić information content (AvgIpc) is 2.78. The van der Waals surface area contributed by atoms with Crippen LogP contribution in [0.1, 0.15) is 12.1 Å². The lowest BCUT2D eigenvalue weighted by Crippen LogP contribution is -2.46. The van der Waals surface area contributed by atoms with Gasteiger partial charge in [0.05, 0.1) is 22.1 Å². The molecule has 0 aromatic carbocycles. The lowest BCUT2D eigenvalue weighted by molar-refractivity contribution is -0.0328. The standard InChI is InChI=1S/C15H18F4N4S/c1-9-14(24-15(17,18)19)12-4-3-5-13(23(12)21-9)20-11-6-7-22(2)8-10(11)16/h3-5,10-11,20H,6-8H2,1-2H3. The van der Waals surface area contributed by atoms with Crippen LogP contribution in [0.25, 0.3) is 5.52 Å². The quantitative estimate of drug-likeness (QED) is 0.667. The van der Waals surface area contributed by atoms with Crippen molar-refractivity contribution in [3.63, 3.8) is 0 Å². The molecule has 0 amide bonds. The minimum absolute atomic E-state index is 0.0753. The summed E-state index contributed by atoms with van der Waals surface area (Å²) in [4.78, 5) is 1.99. The number of likely N-dealkylation sites (tertiary alicyclic amines) is 1. The molecule has 2 atom stereocenters.